The van der Waals surface area contributed by atoms with Crippen LogP contribution in [0.3, 0.4) is 0 Å². The van der Waals surface area contributed by atoms with E-state index in [-0.39, 0.29) is 5.92 Å². The van der Waals surface area contributed by atoms with Gasteiger partial charge in [0.15, 0.2) is 0 Å². The Bertz CT molecular complexity index is 700. The zero-order valence-electron chi connectivity index (χ0n) is 12.0. The average Bonchev–Trinajstić information content (AvgIpc) is 2.65. The van der Waals surface area contributed by atoms with Gasteiger partial charge in [-0.25, -0.2) is 0 Å². The SMILES string of the molecule is COc1ccc([C@H]2Cc3cc(Cl)ccc3NC(=O)[C@@H]2O)cc1. The monoisotopic (exact) mass is 317 g/mol. The number of ether oxygens (including phenoxy) is 1. The van der Waals surface area contributed by atoms with Gasteiger partial charge in [-0.05, 0) is 47.9 Å². The van der Waals surface area contributed by atoms with Crippen LogP contribution in [0.5, 0.6) is 5.75 Å². The van der Waals surface area contributed by atoms with Crippen molar-refractivity contribution in [1.82, 2.24) is 0 Å². The van der Waals surface area contributed by atoms with Crippen LogP contribution >= 0.6 is 11.6 Å². The molecule has 0 radical (unpaired) electrons. The molecule has 0 unspecified atom stereocenters. The predicted octanol–water partition coefficient (Wildman–Crippen LogP) is 2.99. The normalized spacial score (nSPS) is 20.8. The number of carbonyl (C=O) groups is 1. The maximum atomic E-state index is 12.1. The van der Waals surface area contributed by atoms with Crippen LogP contribution in [-0.4, -0.2) is 24.2 Å². The number of aliphatic hydroxyl groups is 1. The van der Waals surface area contributed by atoms with Gasteiger partial charge >= 0.3 is 0 Å². The van der Waals surface area contributed by atoms with Crippen LogP contribution < -0.4 is 10.1 Å². The minimum atomic E-state index is -1.11. The summed E-state index contributed by atoms with van der Waals surface area (Å²) in [5.74, 6) is 0.00673. The molecule has 22 heavy (non-hydrogen) atoms. The van der Waals surface area contributed by atoms with Gasteiger partial charge in [-0.1, -0.05) is 23.7 Å². The molecule has 0 saturated carbocycles. The van der Waals surface area contributed by atoms with E-state index in [9.17, 15) is 9.90 Å². The lowest BCUT2D eigenvalue weighted by molar-refractivity contribution is -0.124. The number of amides is 1. The molecule has 1 amide bonds. The predicted molar refractivity (Wildman–Crippen MR) is 85.5 cm³/mol. The molecule has 2 atom stereocenters. The molecule has 3 rings (SSSR count). The van der Waals surface area contributed by atoms with Gasteiger partial charge in [0.2, 0.25) is 0 Å². The Morgan fingerprint density at radius 2 is 1.95 bits per heavy atom. The Hall–Kier alpha value is -2.04. The number of methoxy groups -OCH3 is 1. The van der Waals surface area contributed by atoms with E-state index in [0.29, 0.717) is 17.1 Å². The van der Waals surface area contributed by atoms with Crippen LogP contribution in [0.25, 0.3) is 0 Å². The van der Waals surface area contributed by atoms with Gasteiger partial charge in [-0.2, -0.15) is 0 Å². The molecule has 0 aromatic heterocycles. The average molecular weight is 318 g/mol. The van der Waals surface area contributed by atoms with Gasteiger partial charge < -0.3 is 15.2 Å². The number of carbonyl (C=O) groups excluding carboxylic acids is 1. The van der Waals surface area contributed by atoms with Gasteiger partial charge in [-0.15, -0.1) is 0 Å². The molecule has 0 saturated heterocycles. The fourth-order valence-electron chi connectivity index (χ4n) is 2.74. The molecule has 1 aliphatic rings. The first-order valence-corrected chi connectivity index (χ1v) is 7.37. The lowest BCUT2D eigenvalue weighted by Crippen LogP contribution is -2.31. The van der Waals surface area contributed by atoms with Crippen molar-refractivity contribution in [3.05, 3.63) is 58.6 Å². The molecule has 4 nitrogen and oxygen atoms in total. The highest BCUT2D eigenvalue weighted by atomic mass is 35.5. The number of benzene rings is 2. The lowest BCUT2D eigenvalue weighted by atomic mass is 9.88. The van der Waals surface area contributed by atoms with Gasteiger partial charge in [0.1, 0.15) is 11.9 Å². The molecule has 5 heteroatoms. The highest BCUT2D eigenvalue weighted by Gasteiger charge is 2.32. The van der Waals surface area contributed by atoms with E-state index in [0.717, 1.165) is 16.9 Å². The molecule has 1 heterocycles. The van der Waals surface area contributed by atoms with E-state index < -0.39 is 12.0 Å². The molecule has 0 spiro atoms. The van der Waals surface area contributed by atoms with E-state index in [1.165, 1.54) is 0 Å². The third-order valence-corrected chi connectivity index (χ3v) is 4.19. The number of hydrogen-bond donors (Lipinski definition) is 2. The summed E-state index contributed by atoms with van der Waals surface area (Å²) in [6.07, 6.45) is -0.582. The van der Waals surface area contributed by atoms with Gasteiger partial charge in [0, 0.05) is 16.6 Å². The number of rotatable bonds is 2. The van der Waals surface area contributed by atoms with E-state index >= 15 is 0 Å². The second kappa shape index (κ2) is 5.99. The summed E-state index contributed by atoms with van der Waals surface area (Å²) in [5, 5.41) is 13.7. The third kappa shape index (κ3) is 2.80. The molecule has 0 bridgehead atoms. The van der Waals surface area contributed by atoms with Crippen molar-refractivity contribution in [1.29, 1.82) is 0 Å². The van der Waals surface area contributed by atoms with Crippen molar-refractivity contribution in [2.45, 2.75) is 18.4 Å². The number of nitrogens with one attached hydrogen (secondary N) is 1. The van der Waals surface area contributed by atoms with Gasteiger partial charge in [-0.3, -0.25) is 4.79 Å². The second-order valence-corrected chi connectivity index (χ2v) is 5.76. The molecule has 1 aliphatic heterocycles. The fourth-order valence-corrected chi connectivity index (χ4v) is 2.94. The van der Waals surface area contributed by atoms with Crippen LogP contribution in [0.1, 0.15) is 17.0 Å². The maximum Gasteiger partial charge on any atom is 0.253 e. The number of halogens is 1. The summed E-state index contributed by atoms with van der Waals surface area (Å²) in [4.78, 5) is 12.1. The molecule has 2 N–H and O–H groups in total. The van der Waals surface area contributed by atoms with Gasteiger partial charge in [0.05, 0.1) is 7.11 Å². The number of fused-ring (bicyclic) bond motifs is 1. The molecule has 2 aromatic rings. The number of hydrogen-bond acceptors (Lipinski definition) is 3. The first-order chi connectivity index (χ1) is 10.6. The molecular weight excluding hydrogens is 302 g/mol. The van der Waals surface area contributed by atoms with Crippen molar-refractivity contribution >= 4 is 23.2 Å². The minimum absolute atomic E-state index is 0.328. The maximum absolute atomic E-state index is 12.1. The summed E-state index contributed by atoms with van der Waals surface area (Å²) in [5.41, 5.74) is 2.50. The van der Waals surface area contributed by atoms with E-state index in [2.05, 4.69) is 5.32 Å². The Morgan fingerprint density at radius 3 is 2.64 bits per heavy atom. The quantitative estimate of drug-likeness (QED) is 0.895. The van der Waals surface area contributed by atoms with Crippen molar-refractivity contribution in [3.8, 4) is 5.75 Å². The van der Waals surface area contributed by atoms with Crippen molar-refractivity contribution in [3.63, 3.8) is 0 Å². The Balaban J connectivity index is 2.00. The van der Waals surface area contributed by atoms with E-state index in [4.69, 9.17) is 16.3 Å². The highest BCUT2D eigenvalue weighted by molar-refractivity contribution is 6.30. The zero-order chi connectivity index (χ0) is 15.7. The summed E-state index contributed by atoms with van der Waals surface area (Å²) in [6, 6.07) is 12.7. The Kier molecular flexibility index (Phi) is 4.05. The van der Waals surface area contributed by atoms with Crippen molar-refractivity contribution < 1.29 is 14.6 Å². The van der Waals surface area contributed by atoms with Crippen LogP contribution in [0.4, 0.5) is 5.69 Å². The standard InChI is InChI=1S/C17H16ClNO3/c1-22-13-5-2-10(3-6-13)14-9-11-8-12(18)4-7-15(11)19-17(21)16(14)20/h2-8,14,16,20H,9H2,1H3,(H,19,21)/t14-,16-/m1/s1. The number of anilines is 1. The molecule has 114 valence electrons. The van der Waals surface area contributed by atoms with E-state index in [1.54, 1.807) is 19.2 Å². The van der Waals surface area contributed by atoms with Crippen LogP contribution in [-0.2, 0) is 11.2 Å². The van der Waals surface area contributed by atoms with Gasteiger partial charge in [0.25, 0.3) is 5.91 Å². The molecule has 0 aliphatic carbocycles. The summed E-state index contributed by atoms with van der Waals surface area (Å²) < 4.78 is 5.14. The minimum Gasteiger partial charge on any atom is -0.497 e. The topological polar surface area (TPSA) is 58.6 Å². The first-order valence-electron chi connectivity index (χ1n) is 7.00. The number of aliphatic hydroxyl groups excluding tert-OH is 1. The third-order valence-electron chi connectivity index (χ3n) is 3.96. The summed E-state index contributed by atoms with van der Waals surface area (Å²) in [7, 11) is 1.60. The Labute approximate surface area is 133 Å². The summed E-state index contributed by atoms with van der Waals surface area (Å²) >= 11 is 6.04. The fraction of sp³-hybridized carbons (Fsp3) is 0.235. The van der Waals surface area contributed by atoms with Crippen LogP contribution in [0.2, 0.25) is 5.02 Å². The Morgan fingerprint density at radius 1 is 1.23 bits per heavy atom. The van der Waals surface area contributed by atoms with Crippen LogP contribution in [0, 0.1) is 0 Å². The summed E-state index contributed by atoms with van der Waals surface area (Å²) in [6.45, 7) is 0. The first kappa shape index (κ1) is 14.9. The van der Waals surface area contributed by atoms with Crippen molar-refractivity contribution in [2.75, 3.05) is 12.4 Å². The lowest BCUT2D eigenvalue weighted by Gasteiger charge is -2.19. The molecular formula is C17H16ClNO3. The second-order valence-electron chi connectivity index (χ2n) is 5.32. The zero-order valence-corrected chi connectivity index (χ0v) is 12.8. The highest BCUT2D eigenvalue weighted by Crippen LogP contribution is 2.33. The van der Waals surface area contributed by atoms with Crippen LogP contribution in [0.15, 0.2) is 42.5 Å². The van der Waals surface area contributed by atoms with E-state index in [1.807, 2.05) is 30.3 Å². The smallest absolute Gasteiger partial charge is 0.253 e. The van der Waals surface area contributed by atoms with Crippen molar-refractivity contribution in [2.24, 2.45) is 0 Å². The molecule has 0 fully saturated rings. The largest absolute Gasteiger partial charge is 0.497 e. The molecule has 2 aromatic carbocycles.